The summed E-state index contributed by atoms with van der Waals surface area (Å²) in [6.45, 7) is 1.78. The molecule has 0 spiro atoms. The molecule has 0 aliphatic carbocycles. The number of hydrogen-bond donors (Lipinski definition) is 5. The average Bonchev–Trinajstić information content (AvgIpc) is 2.65. The number of carbonyl (C=O) groups excluding carboxylic acids is 2. The Labute approximate surface area is 160 Å². The number of benzene rings is 1. The van der Waals surface area contributed by atoms with E-state index in [-0.39, 0.29) is 17.9 Å². The number of carbonyl (C=O) groups is 2. The quantitative estimate of drug-likeness (QED) is 0.544. The van der Waals surface area contributed by atoms with Crippen LogP contribution in [0.15, 0.2) is 36.0 Å². The van der Waals surface area contributed by atoms with Gasteiger partial charge in [0.1, 0.15) is 0 Å². The standard InChI is InChI=1S/C20H29N5O2/c1-2-19(26)24-14-8-9-15-17(23)10-13(12-21)16(22)6-4-3-5-7-20(27)25-18(15)11-14/h8-12,16H,2-7,21-23H2,1H3,(H,24,26)(H,25,27)/b13-12+,17-10?. The smallest absolute Gasteiger partial charge is 0.224 e. The van der Waals surface area contributed by atoms with Gasteiger partial charge in [-0.15, -0.1) is 0 Å². The molecule has 7 heteroatoms. The van der Waals surface area contributed by atoms with Crippen LogP contribution in [-0.4, -0.2) is 17.9 Å². The average molecular weight is 371 g/mol. The molecular formula is C20H29N5O2. The lowest BCUT2D eigenvalue weighted by atomic mass is 9.99. The molecule has 27 heavy (non-hydrogen) atoms. The van der Waals surface area contributed by atoms with Crippen LogP contribution in [0.2, 0.25) is 0 Å². The SMILES string of the molecule is CCC(=O)Nc1ccc2c(c1)NC(=O)CCCCCC(N)/C(=C/N)C=C2N. The Kier molecular flexibility index (Phi) is 7.43. The van der Waals surface area contributed by atoms with Gasteiger partial charge in [-0.05, 0) is 48.9 Å². The predicted octanol–water partition coefficient (Wildman–Crippen LogP) is 2.41. The number of nitrogens with one attached hydrogen (secondary N) is 2. The molecule has 0 bridgehead atoms. The van der Waals surface area contributed by atoms with Crippen molar-refractivity contribution in [3.05, 3.63) is 41.6 Å². The maximum absolute atomic E-state index is 12.3. The highest BCUT2D eigenvalue weighted by Crippen LogP contribution is 2.27. The molecule has 2 rings (SSSR count). The lowest BCUT2D eigenvalue weighted by molar-refractivity contribution is -0.116. The van der Waals surface area contributed by atoms with Crippen LogP contribution in [0, 0.1) is 0 Å². The molecule has 1 aliphatic rings. The Hall–Kier alpha value is -2.80. The molecule has 0 saturated heterocycles. The van der Waals surface area contributed by atoms with E-state index in [2.05, 4.69) is 10.6 Å². The normalized spacial score (nSPS) is 20.4. The minimum Gasteiger partial charge on any atom is -0.404 e. The first-order chi connectivity index (χ1) is 12.9. The summed E-state index contributed by atoms with van der Waals surface area (Å²) in [6.07, 6.45) is 7.41. The van der Waals surface area contributed by atoms with Crippen LogP contribution in [0.5, 0.6) is 0 Å². The Morgan fingerprint density at radius 1 is 1.33 bits per heavy atom. The zero-order chi connectivity index (χ0) is 19.8. The second-order valence-electron chi connectivity index (χ2n) is 6.68. The van der Waals surface area contributed by atoms with Crippen molar-refractivity contribution in [1.29, 1.82) is 0 Å². The Morgan fingerprint density at radius 3 is 2.81 bits per heavy atom. The van der Waals surface area contributed by atoms with Gasteiger partial charge in [0.15, 0.2) is 0 Å². The van der Waals surface area contributed by atoms with E-state index in [9.17, 15) is 9.59 Å². The maximum atomic E-state index is 12.3. The van der Waals surface area contributed by atoms with Gasteiger partial charge in [0.25, 0.3) is 0 Å². The fourth-order valence-electron chi connectivity index (χ4n) is 2.97. The van der Waals surface area contributed by atoms with Crippen LogP contribution >= 0.6 is 0 Å². The van der Waals surface area contributed by atoms with Crippen molar-refractivity contribution in [1.82, 2.24) is 0 Å². The molecule has 1 atom stereocenters. The van der Waals surface area contributed by atoms with E-state index in [4.69, 9.17) is 17.2 Å². The molecule has 0 fully saturated rings. The van der Waals surface area contributed by atoms with Crippen molar-refractivity contribution >= 4 is 28.9 Å². The Bertz CT molecular complexity index is 755. The number of fused-ring (bicyclic) bond motifs is 1. The van der Waals surface area contributed by atoms with E-state index in [0.717, 1.165) is 31.3 Å². The second-order valence-corrected chi connectivity index (χ2v) is 6.68. The van der Waals surface area contributed by atoms with Crippen molar-refractivity contribution in [3.8, 4) is 0 Å². The summed E-state index contributed by atoms with van der Waals surface area (Å²) in [6, 6.07) is 5.03. The van der Waals surface area contributed by atoms with Crippen molar-refractivity contribution < 1.29 is 9.59 Å². The van der Waals surface area contributed by atoms with E-state index in [1.54, 1.807) is 31.2 Å². The molecule has 1 aromatic rings. The van der Waals surface area contributed by atoms with Crippen LogP contribution in [0.3, 0.4) is 0 Å². The molecule has 1 aromatic carbocycles. The fourth-order valence-corrected chi connectivity index (χ4v) is 2.97. The molecular weight excluding hydrogens is 342 g/mol. The molecule has 8 N–H and O–H groups in total. The maximum Gasteiger partial charge on any atom is 0.224 e. The van der Waals surface area contributed by atoms with Crippen LogP contribution < -0.4 is 27.8 Å². The first-order valence-electron chi connectivity index (χ1n) is 9.33. The third-order valence-electron chi connectivity index (χ3n) is 4.57. The molecule has 1 heterocycles. The van der Waals surface area contributed by atoms with E-state index in [1.165, 1.54) is 6.20 Å². The van der Waals surface area contributed by atoms with Gasteiger partial charge in [0, 0.05) is 35.8 Å². The van der Waals surface area contributed by atoms with E-state index in [1.807, 2.05) is 0 Å². The summed E-state index contributed by atoms with van der Waals surface area (Å²) in [5.74, 6) is -0.185. The topological polar surface area (TPSA) is 136 Å². The number of amides is 2. The van der Waals surface area contributed by atoms with Crippen LogP contribution in [0.25, 0.3) is 5.70 Å². The summed E-state index contributed by atoms with van der Waals surface area (Å²) in [5, 5.41) is 5.70. The summed E-state index contributed by atoms with van der Waals surface area (Å²) < 4.78 is 0. The van der Waals surface area contributed by atoms with Crippen LogP contribution in [0.1, 0.15) is 51.0 Å². The Morgan fingerprint density at radius 2 is 2.11 bits per heavy atom. The van der Waals surface area contributed by atoms with Gasteiger partial charge in [-0.25, -0.2) is 0 Å². The molecule has 1 aliphatic heterocycles. The molecule has 2 amide bonds. The highest BCUT2D eigenvalue weighted by atomic mass is 16.2. The highest BCUT2D eigenvalue weighted by molar-refractivity contribution is 5.97. The third kappa shape index (κ3) is 5.86. The largest absolute Gasteiger partial charge is 0.404 e. The zero-order valence-electron chi connectivity index (χ0n) is 15.8. The fraction of sp³-hybridized carbons (Fsp3) is 0.400. The van der Waals surface area contributed by atoms with Gasteiger partial charge < -0.3 is 27.8 Å². The van der Waals surface area contributed by atoms with Crippen molar-refractivity contribution in [2.24, 2.45) is 17.2 Å². The van der Waals surface area contributed by atoms with Gasteiger partial charge in [-0.2, -0.15) is 0 Å². The van der Waals surface area contributed by atoms with Crippen molar-refractivity contribution in [2.75, 3.05) is 10.6 Å². The highest BCUT2D eigenvalue weighted by Gasteiger charge is 2.14. The van der Waals surface area contributed by atoms with Gasteiger partial charge in [0.2, 0.25) is 11.8 Å². The molecule has 0 radical (unpaired) electrons. The lowest BCUT2D eigenvalue weighted by Gasteiger charge is -2.16. The van der Waals surface area contributed by atoms with E-state index in [0.29, 0.717) is 35.5 Å². The molecule has 146 valence electrons. The van der Waals surface area contributed by atoms with Crippen LogP contribution in [0.4, 0.5) is 11.4 Å². The lowest BCUT2D eigenvalue weighted by Crippen LogP contribution is -2.23. The monoisotopic (exact) mass is 371 g/mol. The van der Waals surface area contributed by atoms with Crippen LogP contribution in [-0.2, 0) is 9.59 Å². The number of hydrogen-bond acceptors (Lipinski definition) is 5. The summed E-state index contributed by atoms with van der Waals surface area (Å²) in [4.78, 5) is 24.0. The second kappa shape index (κ2) is 9.78. The molecule has 0 aromatic heterocycles. The molecule has 7 nitrogen and oxygen atoms in total. The first-order valence-corrected chi connectivity index (χ1v) is 9.33. The first kappa shape index (κ1) is 20.5. The number of anilines is 2. The molecule has 1 unspecified atom stereocenters. The number of rotatable bonds is 2. The minimum atomic E-state index is -0.204. The summed E-state index contributed by atoms with van der Waals surface area (Å²) in [5.41, 5.74) is 21.3. The van der Waals surface area contributed by atoms with Gasteiger partial charge in [-0.1, -0.05) is 19.8 Å². The number of nitrogens with two attached hydrogens (primary N) is 3. The van der Waals surface area contributed by atoms with Gasteiger partial charge in [0.05, 0.1) is 5.69 Å². The van der Waals surface area contributed by atoms with E-state index < -0.39 is 0 Å². The third-order valence-corrected chi connectivity index (χ3v) is 4.57. The minimum absolute atomic E-state index is 0.0823. The predicted molar refractivity (Wildman–Crippen MR) is 109 cm³/mol. The van der Waals surface area contributed by atoms with Crippen molar-refractivity contribution in [3.63, 3.8) is 0 Å². The summed E-state index contributed by atoms with van der Waals surface area (Å²) >= 11 is 0. The van der Waals surface area contributed by atoms with Gasteiger partial charge >= 0.3 is 0 Å². The van der Waals surface area contributed by atoms with E-state index >= 15 is 0 Å². The van der Waals surface area contributed by atoms with Crippen molar-refractivity contribution in [2.45, 2.75) is 51.5 Å². The Balaban J connectivity index is 2.44. The molecule has 0 saturated carbocycles. The zero-order valence-corrected chi connectivity index (χ0v) is 15.8. The van der Waals surface area contributed by atoms with Gasteiger partial charge in [-0.3, -0.25) is 9.59 Å². The summed E-state index contributed by atoms with van der Waals surface area (Å²) in [7, 11) is 0.